The fourth-order valence-corrected chi connectivity index (χ4v) is 3.32. The largest absolute Gasteiger partial charge is 0.481 e. The number of nitrogens with zero attached hydrogens (tertiary/aromatic N) is 3. The molecule has 2 aromatic rings. The first-order valence-corrected chi connectivity index (χ1v) is 8.65. The van der Waals surface area contributed by atoms with E-state index in [-0.39, 0.29) is 5.92 Å². The fraction of sp³-hybridized carbons (Fsp3) is 0.353. The zero-order valence-electron chi connectivity index (χ0n) is 13.4. The summed E-state index contributed by atoms with van der Waals surface area (Å²) in [6, 6.07) is 7.93. The van der Waals surface area contributed by atoms with Gasteiger partial charge >= 0.3 is 5.97 Å². The Labute approximate surface area is 149 Å². The molecule has 3 rings (SSSR count). The van der Waals surface area contributed by atoms with E-state index in [0.717, 1.165) is 27.4 Å². The Morgan fingerprint density at radius 2 is 2.04 bits per heavy atom. The maximum absolute atomic E-state index is 11.1. The second kappa shape index (κ2) is 7.17. The molecule has 0 saturated carbocycles. The molecule has 1 saturated heterocycles. The Hall–Kier alpha value is -2.15. The van der Waals surface area contributed by atoms with Gasteiger partial charge < -0.3 is 15.3 Å². The van der Waals surface area contributed by atoms with Crippen LogP contribution in [0.5, 0.6) is 0 Å². The average Bonchev–Trinajstić information content (AvgIpc) is 2.58. The minimum absolute atomic E-state index is 0.244. The third-order valence-corrected chi connectivity index (χ3v) is 4.77. The van der Waals surface area contributed by atoms with Crippen LogP contribution in [-0.2, 0) is 4.79 Å². The third kappa shape index (κ3) is 3.84. The number of aryl methyl sites for hydroxylation is 1. The normalized spacial score (nSPS) is 15.3. The molecule has 2 N–H and O–H groups in total. The van der Waals surface area contributed by atoms with E-state index < -0.39 is 5.97 Å². The molecule has 7 heteroatoms. The molecule has 0 bridgehead atoms. The van der Waals surface area contributed by atoms with Gasteiger partial charge in [0, 0.05) is 29.3 Å². The first kappa shape index (κ1) is 16.7. The highest BCUT2D eigenvalue weighted by atomic mass is 79.9. The molecule has 1 aliphatic rings. The molecule has 1 aromatic heterocycles. The number of hydrogen-bond donors (Lipinski definition) is 2. The van der Waals surface area contributed by atoms with Crippen LogP contribution in [0.4, 0.5) is 17.3 Å². The van der Waals surface area contributed by atoms with Crippen LogP contribution in [0.1, 0.15) is 18.4 Å². The van der Waals surface area contributed by atoms with Gasteiger partial charge in [-0.3, -0.25) is 4.79 Å². The number of piperidine rings is 1. The molecule has 0 atom stereocenters. The molecule has 126 valence electrons. The fourth-order valence-electron chi connectivity index (χ4n) is 2.85. The molecular formula is C17H19BrN4O2. The summed E-state index contributed by atoms with van der Waals surface area (Å²) < 4.78 is 1.04. The molecule has 0 unspecified atom stereocenters. The minimum atomic E-state index is -0.703. The first-order valence-electron chi connectivity index (χ1n) is 7.86. The first-order chi connectivity index (χ1) is 11.5. The summed E-state index contributed by atoms with van der Waals surface area (Å²) in [5.41, 5.74) is 2.11. The van der Waals surface area contributed by atoms with Crippen molar-refractivity contribution < 1.29 is 9.90 Å². The number of rotatable bonds is 4. The Kier molecular flexibility index (Phi) is 4.99. The van der Waals surface area contributed by atoms with E-state index in [1.54, 1.807) is 0 Å². The molecule has 0 aliphatic carbocycles. The van der Waals surface area contributed by atoms with Gasteiger partial charge in [-0.1, -0.05) is 15.9 Å². The lowest BCUT2D eigenvalue weighted by Gasteiger charge is -2.31. The molecule has 6 nitrogen and oxygen atoms in total. The smallest absolute Gasteiger partial charge is 0.306 e. The van der Waals surface area contributed by atoms with E-state index in [9.17, 15) is 4.79 Å². The maximum Gasteiger partial charge on any atom is 0.306 e. The summed E-state index contributed by atoms with van der Waals surface area (Å²) in [4.78, 5) is 21.8. The lowest BCUT2D eigenvalue weighted by atomic mass is 9.97. The van der Waals surface area contributed by atoms with Crippen LogP contribution in [0, 0.1) is 12.8 Å². The lowest BCUT2D eigenvalue weighted by Crippen LogP contribution is -2.36. The summed E-state index contributed by atoms with van der Waals surface area (Å²) in [6.45, 7) is 3.43. The number of nitrogens with one attached hydrogen (secondary N) is 1. The van der Waals surface area contributed by atoms with Gasteiger partial charge in [0.1, 0.15) is 18.0 Å². The second-order valence-corrected chi connectivity index (χ2v) is 6.86. The van der Waals surface area contributed by atoms with Crippen molar-refractivity contribution >= 4 is 39.2 Å². The molecule has 1 aromatic carbocycles. The van der Waals surface area contributed by atoms with Crippen LogP contribution >= 0.6 is 15.9 Å². The van der Waals surface area contributed by atoms with Crippen molar-refractivity contribution in [3.05, 3.63) is 40.6 Å². The van der Waals surface area contributed by atoms with Crippen LogP contribution in [0.3, 0.4) is 0 Å². The summed E-state index contributed by atoms with van der Waals surface area (Å²) in [6.07, 6.45) is 2.83. The molecular weight excluding hydrogens is 372 g/mol. The number of aliphatic carboxylic acids is 1. The quantitative estimate of drug-likeness (QED) is 0.830. The van der Waals surface area contributed by atoms with Crippen LogP contribution in [0.2, 0.25) is 0 Å². The van der Waals surface area contributed by atoms with Crippen LogP contribution in [-0.4, -0.2) is 34.1 Å². The topological polar surface area (TPSA) is 78.4 Å². The van der Waals surface area contributed by atoms with E-state index in [1.807, 2.05) is 31.2 Å². The number of carbonyl (C=O) groups is 1. The second-order valence-electron chi connectivity index (χ2n) is 5.95. The predicted molar refractivity (Wildman–Crippen MR) is 96.8 cm³/mol. The number of anilines is 3. The Balaban J connectivity index is 1.71. The summed E-state index contributed by atoms with van der Waals surface area (Å²) in [5.74, 6) is 0.605. The van der Waals surface area contributed by atoms with Crippen molar-refractivity contribution in [3.8, 4) is 0 Å². The van der Waals surface area contributed by atoms with Crippen molar-refractivity contribution in [2.75, 3.05) is 23.3 Å². The molecule has 1 aliphatic heterocycles. The highest BCUT2D eigenvalue weighted by molar-refractivity contribution is 9.10. The van der Waals surface area contributed by atoms with E-state index in [1.165, 1.54) is 6.33 Å². The summed E-state index contributed by atoms with van der Waals surface area (Å²) in [5, 5.41) is 12.4. The van der Waals surface area contributed by atoms with E-state index in [2.05, 4.69) is 36.1 Å². The zero-order chi connectivity index (χ0) is 17.1. The highest BCUT2D eigenvalue weighted by Crippen LogP contribution is 2.26. The molecule has 0 amide bonds. The average molecular weight is 391 g/mol. The zero-order valence-corrected chi connectivity index (χ0v) is 15.0. The lowest BCUT2D eigenvalue weighted by molar-refractivity contribution is -0.142. The van der Waals surface area contributed by atoms with Crippen LogP contribution in [0.25, 0.3) is 0 Å². The molecule has 0 radical (unpaired) electrons. The van der Waals surface area contributed by atoms with E-state index in [0.29, 0.717) is 25.9 Å². The number of carboxylic acid groups (broad SMARTS) is 1. The number of aromatic nitrogens is 2. The maximum atomic E-state index is 11.1. The van der Waals surface area contributed by atoms with Gasteiger partial charge in [-0.15, -0.1) is 0 Å². The number of carboxylic acids is 1. The van der Waals surface area contributed by atoms with Crippen LogP contribution < -0.4 is 10.2 Å². The van der Waals surface area contributed by atoms with Gasteiger partial charge in [-0.2, -0.15) is 0 Å². The van der Waals surface area contributed by atoms with Crippen molar-refractivity contribution in [1.82, 2.24) is 9.97 Å². The summed E-state index contributed by atoms with van der Waals surface area (Å²) >= 11 is 3.46. The molecule has 0 spiro atoms. The number of benzene rings is 1. The SMILES string of the molecule is Cc1cc(Br)ccc1Nc1cc(N2CCC(C(=O)O)CC2)ncn1. The van der Waals surface area contributed by atoms with E-state index >= 15 is 0 Å². The van der Waals surface area contributed by atoms with Gasteiger partial charge in [0.05, 0.1) is 5.92 Å². The van der Waals surface area contributed by atoms with Crippen molar-refractivity contribution in [1.29, 1.82) is 0 Å². The third-order valence-electron chi connectivity index (χ3n) is 4.27. The van der Waals surface area contributed by atoms with Gasteiger partial charge in [0.2, 0.25) is 0 Å². The Bertz CT molecular complexity index is 745. The minimum Gasteiger partial charge on any atom is -0.481 e. The molecule has 24 heavy (non-hydrogen) atoms. The molecule has 1 fully saturated rings. The van der Waals surface area contributed by atoms with Crippen molar-refractivity contribution in [2.24, 2.45) is 5.92 Å². The monoisotopic (exact) mass is 390 g/mol. The van der Waals surface area contributed by atoms with Gasteiger partial charge in [-0.05, 0) is 43.5 Å². The number of halogens is 1. The number of hydrogen-bond acceptors (Lipinski definition) is 5. The standard InChI is InChI=1S/C17H19BrN4O2/c1-11-8-13(18)2-3-14(11)21-15-9-16(20-10-19-15)22-6-4-12(5-7-22)17(23)24/h2-3,8-10,12H,4-7H2,1H3,(H,23,24)(H,19,20,21). The van der Waals surface area contributed by atoms with Gasteiger partial charge in [0.15, 0.2) is 0 Å². The Morgan fingerprint density at radius 1 is 1.29 bits per heavy atom. The highest BCUT2D eigenvalue weighted by Gasteiger charge is 2.25. The van der Waals surface area contributed by atoms with Gasteiger partial charge in [0.25, 0.3) is 0 Å². The molecule has 2 heterocycles. The predicted octanol–water partition coefficient (Wildman–Crippen LogP) is 3.59. The Morgan fingerprint density at radius 3 is 2.71 bits per heavy atom. The van der Waals surface area contributed by atoms with Crippen molar-refractivity contribution in [3.63, 3.8) is 0 Å². The van der Waals surface area contributed by atoms with Crippen molar-refractivity contribution in [2.45, 2.75) is 19.8 Å². The van der Waals surface area contributed by atoms with Crippen LogP contribution in [0.15, 0.2) is 35.1 Å². The van der Waals surface area contributed by atoms with E-state index in [4.69, 9.17) is 5.11 Å². The van der Waals surface area contributed by atoms with Gasteiger partial charge in [-0.25, -0.2) is 9.97 Å². The summed E-state index contributed by atoms with van der Waals surface area (Å²) in [7, 11) is 0.